The molecule has 0 fully saturated rings. The summed E-state index contributed by atoms with van der Waals surface area (Å²) in [4.78, 5) is 11.9. The van der Waals surface area contributed by atoms with Gasteiger partial charge in [0.25, 0.3) is 0 Å². The summed E-state index contributed by atoms with van der Waals surface area (Å²) in [5, 5.41) is 8.86. The van der Waals surface area contributed by atoms with Crippen molar-refractivity contribution in [2.24, 2.45) is 0 Å². The lowest BCUT2D eigenvalue weighted by Gasteiger charge is -2.04. The van der Waals surface area contributed by atoms with Gasteiger partial charge < -0.3 is 5.11 Å². The van der Waals surface area contributed by atoms with Crippen LogP contribution in [-0.4, -0.2) is 11.1 Å². The van der Waals surface area contributed by atoms with Crippen LogP contribution in [0.4, 0.5) is 4.39 Å². The number of carboxylic acid groups (broad SMARTS) is 1. The smallest absolute Gasteiger partial charge is 0.338 e. The lowest BCUT2D eigenvalue weighted by Crippen LogP contribution is -2.01. The number of hydrogen-bond donors (Lipinski definition) is 1. The highest BCUT2D eigenvalue weighted by atomic mass is 32.2. The quantitative estimate of drug-likeness (QED) is 0.853. The summed E-state index contributed by atoms with van der Waals surface area (Å²) in [5.74, 6) is -1.32. The molecule has 0 unspecified atom stereocenters. The minimum Gasteiger partial charge on any atom is -0.478 e. The van der Waals surface area contributed by atoms with Gasteiger partial charge in [-0.05, 0) is 36.8 Å². The second kappa shape index (κ2) is 5.89. The average molecular weight is 276 g/mol. The maximum absolute atomic E-state index is 13.2. The third kappa shape index (κ3) is 3.58. The molecule has 4 heteroatoms. The SMILES string of the molecule is Cc1ccc(SCc2ccc(F)c(C(=O)O)c2)cc1. The first-order valence-electron chi connectivity index (χ1n) is 5.77. The maximum atomic E-state index is 13.2. The Morgan fingerprint density at radius 3 is 2.53 bits per heavy atom. The molecule has 0 atom stereocenters. The predicted octanol–water partition coefficient (Wildman–Crippen LogP) is 4.12. The molecule has 0 aliphatic heterocycles. The van der Waals surface area contributed by atoms with Crippen molar-refractivity contribution in [3.05, 3.63) is 65.0 Å². The van der Waals surface area contributed by atoms with Crippen molar-refractivity contribution in [1.82, 2.24) is 0 Å². The van der Waals surface area contributed by atoms with Gasteiger partial charge in [0.05, 0.1) is 5.56 Å². The summed E-state index contributed by atoms with van der Waals surface area (Å²) in [7, 11) is 0. The fraction of sp³-hybridized carbons (Fsp3) is 0.133. The number of rotatable bonds is 4. The van der Waals surface area contributed by atoms with Crippen molar-refractivity contribution >= 4 is 17.7 Å². The van der Waals surface area contributed by atoms with E-state index in [9.17, 15) is 9.18 Å². The molecule has 0 amide bonds. The van der Waals surface area contributed by atoms with Crippen LogP contribution in [0.5, 0.6) is 0 Å². The van der Waals surface area contributed by atoms with E-state index < -0.39 is 11.8 Å². The van der Waals surface area contributed by atoms with E-state index in [0.29, 0.717) is 5.75 Å². The Morgan fingerprint density at radius 2 is 1.89 bits per heavy atom. The normalized spacial score (nSPS) is 10.4. The molecule has 0 bridgehead atoms. The van der Waals surface area contributed by atoms with Crippen molar-refractivity contribution in [1.29, 1.82) is 0 Å². The van der Waals surface area contributed by atoms with Crippen LogP contribution in [0.3, 0.4) is 0 Å². The first-order valence-corrected chi connectivity index (χ1v) is 6.76. The second-order valence-electron chi connectivity index (χ2n) is 4.22. The molecule has 0 aromatic heterocycles. The summed E-state index contributed by atoms with van der Waals surface area (Å²) < 4.78 is 13.2. The molecule has 2 nitrogen and oxygen atoms in total. The van der Waals surface area contributed by atoms with Crippen LogP contribution >= 0.6 is 11.8 Å². The zero-order valence-corrected chi connectivity index (χ0v) is 11.2. The third-order valence-electron chi connectivity index (χ3n) is 2.69. The number of carbonyl (C=O) groups is 1. The Hall–Kier alpha value is -1.81. The fourth-order valence-electron chi connectivity index (χ4n) is 1.63. The Kier molecular flexibility index (Phi) is 4.22. The number of aryl methyl sites for hydroxylation is 1. The fourth-order valence-corrected chi connectivity index (χ4v) is 2.47. The number of thioether (sulfide) groups is 1. The minimum absolute atomic E-state index is 0.276. The van der Waals surface area contributed by atoms with Crippen molar-refractivity contribution in [3.63, 3.8) is 0 Å². The van der Waals surface area contributed by atoms with Crippen LogP contribution in [0.25, 0.3) is 0 Å². The van der Waals surface area contributed by atoms with Gasteiger partial charge in [-0.2, -0.15) is 0 Å². The van der Waals surface area contributed by atoms with E-state index in [1.807, 2.05) is 31.2 Å². The molecule has 19 heavy (non-hydrogen) atoms. The van der Waals surface area contributed by atoms with E-state index in [0.717, 1.165) is 10.5 Å². The van der Waals surface area contributed by atoms with Gasteiger partial charge >= 0.3 is 5.97 Å². The summed E-state index contributed by atoms with van der Waals surface area (Å²) in [5.41, 5.74) is 1.71. The highest BCUT2D eigenvalue weighted by molar-refractivity contribution is 7.98. The largest absolute Gasteiger partial charge is 0.478 e. The van der Waals surface area contributed by atoms with E-state index in [-0.39, 0.29) is 5.56 Å². The summed E-state index contributed by atoms with van der Waals surface area (Å²) in [6.45, 7) is 2.02. The molecule has 0 aliphatic rings. The summed E-state index contributed by atoms with van der Waals surface area (Å²) in [6.07, 6.45) is 0. The Bertz CT molecular complexity index is 594. The molecule has 2 aromatic rings. The molecule has 0 heterocycles. The van der Waals surface area contributed by atoms with Crippen LogP contribution in [-0.2, 0) is 5.75 Å². The molecule has 0 spiro atoms. The lowest BCUT2D eigenvalue weighted by atomic mass is 10.1. The average Bonchev–Trinajstić information content (AvgIpc) is 2.39. The molecular formula is C15H13FO2S. The van der Waals surface area contributed by atoms with Crippen molar-refractivity contribution in [2.45, 2.75) is 17.6 Å². The summed E-state index contributed by atoms with van der Waals surface area (Å²) in [6, 6.07) is 12.3. The van der Waals surface area contributed by atoms with Gasteiger partial charge in [0.15, 0.2) is 0 Å². The van der Waals surface area contributed by atoms with Gasteiger partial charge in [0, 0.05) is 10.6 Å². The van der Waals surface area contributed by atoms with Crippen LogP contribution < -0.4 is 0 Å². The zero-order valence-electron chi connectivity index (χ0n) is 10.4. The lowest BCUT2D eigenvalue weighted by molar-refractivity contribution is 0.0692. The van der Waals surface area contributed by atoms with Crippen molar-refractivity contribution in [2.75, 3.05) is 0 Å². The number of benzene rings is 2. The molecule has 0 aliphatic carbocycles. The molecule has 2 rings (SSSR count). The summed E-state index contributed by atoms with van der Waals surface area (Å²) >= 11 is 1.59. The molecule has 0 radical (unpaired) electrons. The van der Waals surface area contributed by atoms with Gasteiger partial charge in [-0.1, -0.05) is 23.8 Å². The Balaban J connectivity index is 2.09. The van der Waals surface area contributed by atoms with Gasteiger partial charge in [-0.3, -0.25) is 0 Å². The molecule has 1 N–H and O–H groups in total. The highest BCUT2D eigenvalue weighted by Crippen LogP contribution is 2.24. The van der Waals surface area contributed by atoms with Crippen LogP contribution in [0.2, 0.25) is 0 Å². The van der Waals surface area contributed by atoms with E-state index in [1.165, 1.54) is 17.7 Å². The zero-order chi connectivity index (χ0) is 13.8. The first-order chi connectivity index (χ1) is 9.06. The van der Waals surface area contributed by atoms with Gasteiger partial charge in [0.2, 0.25) is 0 Å². The topological polar surface area (TPSA) is 37.3 Å². The van der Waals surface area contributed by atoms with E-state index in [1.54, 1.807) is 17.8 Å². The first kappa shape index (κ1) is 13.6. The van der Waals surface area contributed by atoms with Gasteiger partial charge in [-0.25, -0.2) is 9.18 Å². The van der Waals surface area contributed by atoms with E-state index in [4.69, 9.17) is 5.11 Å². The number of halogens is 1. The second-order valence-corrected chi connectivity index (χ2v) is 5.27. The number of aromatic carboxylic acids is 1. The van der Waals surface area contributed by atoms with Crippen LogP contribution in [0.1, 0.15) is 21.5 Å². The molecule has 0 saturated heterocycles. The maximum Gasteiger partial charge on any atom is 0.338 e. The molecule has 98 valence electrons. The molecule has 2 aromatic carbocycles. The minimum atomic E-state index is -1.24. The molecular weight excluding hydrogens is 263 g/mol. The highest BCUT2D eigenvalue weighted by Gasteiger charge is 2.10. The standard InChI is InChI=1S/C15H13FO2S/c1-10-2-5-12(6-3-10)19-9-11-4-7-14(16)13(8-11)15(17)18/h2-8H,9H2,1H3,(H,17,18). The van der Waals surface area contributed by atoms with Crippen LogP contribution in [0, 0.1) is 12.7 Å². The number of hydrogen-bond acceptors (Lipinski definition) is 2. The van der Waals surface area contributed by atoms with Crippen molar-refractivity contribution < 1.29 is 14.3 Å². The Labute approximate surface area is 115 Å². The van der Waals surface area contributed by atoms with E-state index in [2.05, 4.69) is 0 Å². The van der Waals surface area contributed by atoms with Gasteiger partial charge in [-0.15, -0.1) is 11.8 Å². The predicted molar refractivity (Wildman–Crippen MR) is 74.1 cm³/mol. The van der Waals surface area contributed by atoms with E-state index >= 15 is 0 Å². The monoisotopic (exact) mass is 276 g/mol. The van der Waals surface area contributed by atoms with Gasteiger partial charge in [0.1, 0.15) is 5.82 Å². The van der Waals surface area contributed by atoms with Crippen molar-refractivity contribution in [3.8, 4) is 0 Å². The number of carboxylic acids is 1. The Morgan fingerprint density at radius 1 is 1.21 bits per heavy atom. The van der Waals surface area contributed by atoms with Crippen LogP contribution in [0.15, 0.2) is 47.4 Å². The third-order valence-corrected chi connectivity index (χ3v) is 3.77. The molecule has 0 saturated carbocycles.